The van der Waals surface area contributed by atoms with Crippen LogP contribution in [0, 0.1) is 5.92 Å². The molecule has 128 valence electrons. The zero-order chi connectivity index (χ0) is 16.3. The van der Waals surface area contributed by atoms with E-state index in [0.29, 0.717) is 30.7 Å². The summed E-state index contributed by atoms with van der Waals surface area (Å²) in [5, 5.41) is 0. The first-order valence-corrected chi connectivity index (χ1v) is 9.45. The lowest BCUT2D eigenvalue weighted by molar-refractivity contribution is 0.103. The number of rotatable bonds is 8. The molecule has 1 aliphatic carbocycles. The van der Waals surface area contributed by atoms with Crippen molar-refractivity contribution in [3.05, 3.63) is 18.3 Å². The first-order valence-electron chi connectivity index (χ1n) is 7.79. The third-order valence-corrected chi connectivity index (χ3v) is 5.33. The third-order valence-electron chi connectivity index (χ3n) is 4.02. The van der Waals surface area contributed by atoms with E-state index >= 15 is 0 Å². The summed E-state index contributed by atoms with van der Waals surface area (Å²) in [6.07, 6.45) is 4.15. The SMILES string of the molecule is COC(CS(=O)(=O)Nc1ccc(OC2CCOC2)nc1)C1CC1. The molecule has 0 aromatic carbocycles. The van der Waals surface area contributed by atoms with Crippen molar-refractivity contribution in [1.82, 2.24) is 4.98 Å². The van der Waals surface area contributed by atoms with Gasteiger partial charge < -0.3 is 14.2 Å². The van der Waals surface area contributed by atoms with Gasteiger partial charge in [-0.3, -0.25) is 4.72 Å². The Hall–Kier alpha value is -1.38. The van der Waals surface area contributed by atoms with E-state index in [1.807, 2.05) is 0 Å². The van der Waals surface area contributed by atoms with Gasteiger partial charge in [-0.15, -0.1) is 0 Å². The van der Waals surface area contributed by atoms with Crippen molar-refractivity contribution in [1.29, 1.82) is 0 Å². The Balaban J connectivity index is 1.56. The summed E-state index contributed by atoms with van der Waals surface area (Å²) in [4.78, 5) is 4.14. The molecule has 2 unspecified atom stereocenters. The molecular weight excluding hydrogens is 320 g/mol. The Morgan fingerprint density at radius 2 is 2.22 bits per heavy atom. The molecule has 1 saturated carbocycles. The van der Waals surface area contributed by atoms with E-state index in [1.54, 1.807) is 19.2 Å². The van der Waals surface area contributed by atoms with E-state index in [9.17, 15) is 8.42 Å². The van der Waals surface area contributed by atoms with E-state index in [2.05, 4.69) is 9.71 Å². The van der Waals surface area contributed by atoms with E-state index in [-0.39, 0.29) is 18.0 Å². The second kappa shape index (κ2) is 7.02. The maximum atomic E-state index is 12.2. The molecule has 3 rings (SSSR count). The Labute approximate surface area is 136 Å². The summed E-state index contributed by atoms with van der Waals surface area (Å²) in [5.41, 5.74) is 0.422. The van der Waals surface area contributed by atoms with Gasteiger partial charge in [-0.25, -0.2) is 13.4 Å². The van der Waals surface area contributed by atoms with Gasteiger partial charge in [-0.1, -0.05) is 0 Å². The molecule has 2 atom stereocenters. The van der Waals surface area contributed by atoms with E-state index in [4.69, 9.17) is 14.2 Å². The minimum Gasteiger partial charge on any atom is -0.472 e. The summed E-state index contributed by atoms with van der Waals surface area (Å²) in [7, 11) is -1.91. The van der Waals surface area contributed by atoms with Crippen molar-refractivity contribution in [3.63, 3.8) is 0 Å². The molecule has 1 aliphatic heterocycles. The van der Waals surface area contributed by atoms with Crippen LogP contribution >= 0.6 is 0 Å². The molecule has 8 heteroatoms. The Kier molecular flexibility index (Phi) is 5.03. The number of pyridine rings is 1. The Morgan fingerprint density at radius 3 is 2.78 bits per heavy atom. The predicted octanol–water partition coefficient (Wildman–Crippen LogP) is 1.42. The van der Waals surface area contributed by atoms with Crippen LogP contribution in [0.15, 0.2) is 18.3 Å². The lowest BCUT2D eigenvalue weighted by Crippen LogP contribution is -2.29. The van der Waals surface area contributed by atoms with Crippen LogP contribution < -0.4 is 9.46 Å². The van der Waals surface area contributed by atoms with E-state index in [1.165, 1.54) is 6.20 Å². The van der Waals surface area contributed by atoms with E-state index < -0.39 is 10.0 Å². The van der Waals surface area contributed by atoms with Crippen molar-refractivity contribution in [3.8, 4) is 5.88 Å². The second-order valence-electron chi connectivity index (χ2n) is 5.98. The zero-order valence-corrected chi connectivity index (χ0v) is 13.9. The summed E-state index contributed by atoms with van der Waals surface area (Å²) < 4.78 is 43.1. The molecule has 7 nitrogen and oxygen atoms in total. The number of aromatic nitrogens is 1. The highest BCUT2D eigenvalue weighted by molar-refractivity contribution is 7.92. The van der Waals surface area contributed by atoms with Gasteiger partial charge in [0.05, 0.1) is 37.0 Å². The van der Waals surface area contributed by atoms with Gasteiger partial charge >= 0.3 is 0 Å². The molecule has 2 heterocycles. The molecule has 2 fully saturated rings. The Morgan fingerprint density at radius 1 is 1.39 bits per heavy atom. The van der Waals surface area contributed by atoms with Crippen molar-refractivity contribution in [2.75, 3.05) is 30.8 Å². The molecule has 23 heavy (non-hydrogen) atoms. The maximum absolute atomic E-state index is 12.2. The minimum atomic E-state index is -3.46. The quantitative estimate of drug-likeness (QED) is 0.769. The van der Waals surface area contributed by atoms with Gasteiger partial charge in [-0.2, -0.15) is 0 Å². The molecule has 0 amide bonds. The van der Waals surface area contributed by atoms with Gasteiger partial charge in [0.2, 0.25) is 15.9 Å². The average molecular weight is 342 g/mol. The molecule has 1 aromatic heterocycles. The fraction of sp³-hybridized carbons (Fsp3) is 0.667. The van der Waals surface area contributed by atoms with Gasteiger partial charge in [0, 0.05) is 19.6 Å². The highest BCUT2D eigenvalue weighted by atomic mass is 32.2. The van der Waals surface area contributed by atoms with Crippen LogP contribution in [0.3, 0.4) is 0 Å². The van der Waals surface area contributed by atoms with Gasteiger partial charge in [0.25, 0.3) is 0 Å². The summed E-state index contributed by atoms with van der Waals surface area (Å²) in [6, 6.07) is 3.31. The number of methoxy groups -OCH3 is 1. The monoisotopic (exact) mass is 342 g/mol. The Bertz CT molecular complexity index is 609. The van der Waals surface area contributed by atoms with Gasteiger partial charge in [-0.05, 0) is 24.8 Å². The number of hydrogen-bond acceptors (Lipinski definition) is 6. The van der Waals surface area contributed by atoms with Crippen LogP contribution in [0.4, 0.5) is 5.69 Å². The van der Waals surface area contributed by atoms with Crippen LogP contribution in [-0.4, -0.2) is 51.7 Å². The molecule has 2 aliphatic rings. The second-order valence-corrected chi connectivity index (χ2v) is 7.75. The molecular formula is C15H22N2O5S. The third kappa shape index (κ3) is 4.79. The maximum Gasteiger partial charge on any atom is 0.235 e. The fourth-order valence-electron chi connectivity index (χ4n) is 2.59. The highest BCUT2D eigenvalue weighted by Crippen LogP contribution is 2.34. The van der Waals surface area contributed by atoms with Crippen LogP contribution in [0.5, 0.6) is 5.88 Å². The molecule has 0 spiro atoms. The lowest BCUT2D eigenvalue weighted by atomic mass is 10.3. The first kappa shape index (κ1) is 16.5. The number of hydrogen-bond donors (Lipinski definition) is 1. The highest BCUT2D eigenvalue weighted by Gasteiger charge is 2.34. The predicted molar refractivity (Wildman–Crippen MR) is 85.0 cm³/mol. The van der Waals surface area contributed by atoms with Crippen molar-refractivity contribution >= 4 is 15.7 Å². The molecule has 1 aromatic rings. The van der Waals surface area contributed by atoms with Crippen molar-refractivity contribution in [2.45, 2.75) is 31.5 Å². The number of nitrogens with zero attached hydrogens (tertiary/aromatic N) is 1. The average Bonchev–Trinajstić information content (AvgIpc) is 3.24. The molecule has 0 bridgehead atoms. The topological polar surface area (TPSA) is 86.8 Å². The molecule has 1 saturated heterocycles. The van der Waals surface area contributed by atoms with Gasteiger partial charge in [0.1, 0.15) is 6.10 Å². The van der Waals surface area contributed by atoms with Crippen LogP contribution in [0.25, 0.3) is 0 Å². The summed E-state index contributed by atoms with van der Waals surface area (Å²) in [6.45, 7) is 1.26. The van der Waals surface area contributed by atoms with Crippen molar-refractivity contribution < 1.29 is 22.6 Å². The van der Waals surface area contributed by atoms with E-state index in [0.717, 1.165) is 19.3 Å². The smallest absolute Gasteiger partial charge is 0.235 e. The number of nitrogens with one attached hydrogen (secondary N) is 1. The lowest BCUT2D eigenvalue weighted by Gasteiger charge is -2.16. The molecule has 1 N–H and O–H groups in total. The minimum absolute atomic E-state index is 0.0195. The zero-order valence-electron chi connectivity index (χ0n) is 13.1. The number of sulfonamides is 1. The number of anilines is 1. The normalized spacial score (nSPS) is 22.7. The van der Waals surface area contributed by atoms with Crippen molar-refractivity contribution in [2.24, 2.45) is 5.92 Å². The molecule has 0 radical (unpaired) electrons. The van der Waals surface area contributed by atoms with Crippen LogP contribution in [0.2, 0.25) is 0 Å². The van der Waals surface area contributed by atoms with Crippen LogP contribution in [-0.2, 0) is 19.5 Å². The number of ether oxygens (including phenoxy) is 3. The van der Waals surface area contributed by atoms with Crippen LogP contribution in [0.1, 0.15) is 19.3 Å². The first-order chi connectivity index (χ1) is 11.1. The largest absolute Gasteiger partial charge is 0.472 e. The summed E-state index contributed by atoms with van der Waals surface area (Å²) in [5.74, 6) is 0.793. The standard InChI is InChI=1S/C15H22N2O5S/c1-20-14(11-2-3-11)10-23(18,19)17-12-4-5-15(16-8-12)22-13-6-7-21-9-13/h4-5,8,11,13-14,17H,2-3,6-7,9-10H2,1H3. The van der Waals surface area contributed by atoms with Gasteiger partial charge in [0.15, 0.2) is 0 Å². The summed E-state index contributed by atoms with van der Waals surface area (Å²) >= 11 is 0. The fourth-order valence-corrected chi connectivity index (χ4v) is 3.99.